The van der Waals surface area contributed by atoms with E-state index in [-0.39, 0.29) is 11.2 Å². The Kier molecular flexibility index (Phi) is 3.84. The molecule has 1 aliphatic rings. The zero-order chi connectivity index (χ0) is 14.9. The maximum absolute atomic E-state index is 12.3. The molecule has 4 nitrogen and oxygen atoms in total. The summed E-state index contributed by atoms with van der Waals surface area (Å²) in [6, 6.07) is 6.06. The summed E-state index contributed by atoms with van der Waals surface area (Å²) in [5.41, 5.74) is 1.55. The van der Waals surface area contributed by atoms with Gasteiger partial charge in [-0.3, -0.25) is 9.36 Å². The predicted octanol–water partition coefficient (Wildman–Crippen LogP) is 3.20. The number of hydrogen-bond donors (Lipinski definition) is 0. The van der Waals surface area contributed by atoms with Crippen molar-refractivity contribution in [2.24, 2.45) is 7.05 Å². The van der Waals surface area contributed by atoms with Crippen LogP contribution in [-0.2, 0) is 7.05 Å². The summed E-state index contributed by atoms with van der Waals surface area (Å²) in [5, 5.41) is 0.644. The smallest absolute Gasteiger partial charge is 0.300 e. The second kappa shape index (κ2) is 5.27. The van der Waals surface area contributed by atoms with Crippen molar-refractivity contribution in [3.05, 3.63) is 34.1 Å². The third kappa shape index (κ3) is 2.55. The van der Waals surface area contributed by atoms with Gasteiger partial charge in [-0.15, -0.1) is 0 Å². The molecule has 0 radical (unpaired) electrons. The molecule has 0 atom stereocenters. The van der Waals surface area contributed by atoms with Gasteiger partial charge < -0.3 is 4.74 Å². The average molecular weight is 274 g/mol. The van der Waals surface area contributed by atoms with Gasteiger partial charge in [0, 0.05) is 7.05 Å². The fraction of sp³-hybridized carbons (Fsp3) is 0.500. The Morgan fingerprint density at radius 1 is 1.30 bits per heavy atom. The molecule has 1 saturated carbocycles. The normalized spacial score (nSPS) is 15.4. The van der Waals surface area contributed by atoms with Crippen LogP contribution < -0.4 is 10.3 Å². The fourth-order valence-electron chi connectivity index (χ4n) is 2.01. The Morgan fingerprint density at radius 2 is 1.95 bits per heavy atom. The zero-order valence-electron chi connectivity index (χ0n) is 12.9. The van der Waals surface area contributed by atoms with Crippen molar-refractivity contribution in [3.63, 3.8) is 0 Å². The summed E-state index contributed by atoms with van der Waals surface area (Å²) in [7, 11) is 1.71. The summed E-state index contributed by atoms with van der Waals surface area (Å²) in [4.78, 5) is 16.8. The molecule has 1 aromatic carbocycles. The van der Waals surface area contributed by atoms with E-state index in [1.54, 1.807) is 13.1 Å². The topological polar surface area (TPSA) is 44.1 Å². The Morgan fingerprint density at radius 3 is 2.55 bits per heavy atom. The van der Waals surface area contributed by atoms with Crippen LogP contribution in [0.25, 0.3) is 10.9 Å². The number of hydrogen-bond acceptors (Lipinski definition) is 3. The number of para-hydroxylation sites is 1. The molecule has 108 valence electrons. The van der Waals surface area contributed by atoms with E-state index in [4.69, 9.17) is 4.74 Å². The second-order valence-electron chi connectivity index (χ2n) is 5.28. The highest BCUT2D eigenvalue weighted by atomic mass is 16.5. The van der Waals surface area contributed by atoms with Crippen LogP contribution in [0.15, 0.2) is 23.0 Å². The van der Waals surface area contributed by atoms with Crippen molar-refractivity contribution >= 4 is 10.9 Å². The lowest BCUT2D eigenvalue weighted by Gasteiger charge is -2.15. The number of nitrogens with zero attached hydrogens (tertiary/aromatic N) is 2. The molecule has 0 aliphatic heterocycles. The predicted molar refractivity (Wildman–Crippen MR) is 81.3 cm³/mol. The molecule has 0 spiro atoms. The molecule has 1 fully saturated rings. The van der Waals surface area contributed by atoms with Crippen molar-refractivity contribution in [3.8, 4) is 6.01 Å². The molecule has 0 bridgehead atoms. The van der Waals surface area contributed by atoms with Gasteiger partial charge in [0.05, 0.1) is 10.9 Å². The molecule has 20 heavy (non-hydrogen) atoms. The summed E-state index contributed by atoms with van der Waals surface area (Å²) < 4.78 is 7.33. The lowest BCUT2D eigenvalue weighted by Crippen LogP contribution is -2.24. The number of ether oxygens (including phenoxy) is 1. The first-order valence-corrected chi connectivity index (χ1v) is 7.16. The molecule has 4 heteroatoms. The third-order valence-electron chi connectivity index (χ3n) is 3.56. The van der Waals surface area contributed by atoms with Crippen LogP contribution >= 0.6 is 0 Å². The van der Waals surface area contributed by atoms with Gasteiger partial charge in [-0.25, -0.2) is 0 Å². The van der Waals surface area contributed by atoms with Gasteiger partial charge in [0.15, 0.2) is 0 Å². The fourth-order valence-corrected chi connectivity index (χ4v) is 2.01. The Balaban J connectivity index is 0.000000704. The first-order chi connectivity index (χ1) is 9.50. The van der Waals surface area contributed by atoms with Gasteiger partial charge in [-0.1, -0.05) is 26.0 Å². The van der Waals surface area contributed by atoms with Crippen LogP contribution in [-0.4, -0.2) is 15.2 Å². The first-order valence-electron chi connectivity index (χ1n) is 7.16. The SMILES string of the molecule is CC.Cc1cccc2c(=O)n(C)c(OC3(C)CC3)nc12. The van der Waals surface area contributed by atoms with Crippen molar-refractivity contribution < 1.29 is 4.74 Å². The molecular weight excluding hydrogens is 252 g/mol. The molecule has 2 aromatic rings. The zero-order valence-corrected chi connectivity index (χ0v) is 12.9. The highest BCUT2D eigenvalue weighted by molar-refractivity contribution is 5.81. The monoisotopic (exact) mass is 274 g/mol. The molecule has 3 rings (SSSR count). The maximum Gasteiger partial charge on any atom is 0.300 e. The number of rotatable bonds is 2. The lowest BCUT2D eigenvalue weighted by molar-refractivity contribution is 0.174. The minimum atomic E-state index is -0.131. The summed E-state index contributed by atoms with van der Waals surface area (Å²) in [6.07, 6.45) is 2.04. The van der Waals surface area contributed by atoms with E-state index in [0.29, 0.717) is 11.4 Å². The van der Waals surface area contributed by atoms with E-state index in [2.05, 4.69) is 4.98 Å². The van der Waals surface area contributed by atoms with Crippen molar-refractivity contribution in [1.29, 1.82) is 0 Å². The quantitative estimate of drug-likeness (QED) is 0.844. The minimum Gasteiger partial charge on any atom is -0.458 e. The van der Waals surface area contributed by atoms with Crippen LogP contribution in [0.5, 0.6) is 6.01 Å². The number of fused-ring (bicyclic) bond motifs is 1. The minimum absolute atomic E-state index is 0.0528. The molecule has 1 aromatic heterocycles. The highest BCUT2D eigenvalue weighted by Gasteiger charge is 2.41. The van der Waals surface area contributed by atoms with Crippen molar-refractivity contribution in [2.45, 2.75) is 46.1 Å². The van der Waals surface area contributed by atoms with Crippen LogP contribution in [0.4, 0.5) is 0 Å². The second-order valence-corrected chi connectivity index (χ2v) is 5.28. The summed E-state index contributed by atoms with van der Waals surface area (Å²) >= 11 is 0. The van der Waals surface area contributed by atoms with E-state index in [1.807, 2.05) is 39.8 Å². The van der Waals surface area contributed by atoms with Crippen LogP contribution in [0.2, 0.25) is 0 Å². The summed E-state index contributed by atoms with van der Waals surface area (Å²) in [6.45, 7) is 8.00. The average Bonchev–Trinajstić information content (AvgIpc) is 3.17. The van der Waals surface area contributed by atoms with Gasteiger partial charge in [-0.05, 0) is 38.3 Å². The van der Waals surface area contributed by atoms with Crippen LogP contribution in [0.1, 0.15) is 39.2 Å². The van der Waals surface area contributed by atoms with Crippen LogP contribution in [0.3, 0.4) is 0 Å². The van der Waals surface area contributed by atoms with Crippen molar-refractivity contribution in [1.82, 2.24) is 9.55 Å². The van der Waals surface area contributed by atoms with Crippen LogP contribution in [0, 0.1) is 6.92 Å². The van der Waals surface area contributed by atoms with Crippen molar-refractivity contribution in [2.75, 3.05) is 0 Å². The molecule has 1 aliphatic carbocycles. The highest BCUT2D eigenvalue weighted by Crippen LogP contribution is 2.38. The van der Waals surface area contributed by atoms with Gasteiger partial charge in [0.2, 0.25) is 0 Å². The Labute approximate surface area is 119 Å². The van der Waals surface area contributed by atoms with Gasteiger partial charge in [0.25, 0.3) is 11.6 Å². The Hall–Kier alpha value is -1.84. The number of benzene rings is 1. The van der Waals surface area contributed by atoms with E-state index in [9.17, 15) is 4.79 Å². The largest absolute Gasteiger partial charge is 0.458 e. The molecule has 0 N–H and O–H groups in total. The van der Waals surface area contributed by atoms with E-state index >= 15 is 0 Å². The maximum atomic E-state index is 12.3. The Bertz CT molecular complexity index is 685. The molecule has 0 amide bonds. The number of aryl methyl sites for hydroxylation is 1. The number of aromatic nitrogens is 2. The van der Waals surface area contributed by atoms with E-state index in [0.717, 1.165) is 23.9 Å². The summed E-state index contributed by atoms with van der Waals surface area (Å²) in [5.74, 6) is 0. The molecule has 1 heterocycles. The molecule has 0 saturated heterocycles. The van der Waals surface area contributed by atoms with E-state index < -0.39 is 0 Å². The molecular formula is C16H22N2O2. The van der Waals surface area contributed by atoms with E-state index in [1.165, 1.54) is 4.57 Å². The van der Waals surface area contributed by atoms with Gasteiger partial charge in [0.1, 0.15) is 5.60 Å². The molecule has 0 unspecified atom stereocenters. The van der Waals surface area contributed by atoms with Gasteiger partial charge >= 0.3 is 0 Å². The lowest BCUT2D eigenvalue weighted by atomic mass is 10.1. The standard InChI is InChI=1S/C14H16N2O2.C2H6/c1-9-5-4-6-10-11(9)15-13(16(3)12(10)17)18-14(2)7-8-14;1-2/h4-6H,7-8H2,1-3H3;1-2H3. The first kappa shape index (κ1) is 14.6. The van der Waals surface area contributed by atoms with Gasteiger partial charge in [-0.2, -0.15) is 4.98 Å². The third-order valence-corrected chi connectivity index (χ3v) is 3.56.